The monoisotopic (exact) mass is 254 g/mol. The first-order valence-electron chi connectivity index (χ1n) is 4.48. The summed E-state index contributed by atoms with van der Waals surface area (Å²) >= 11 is 0. The molecule has 0 radical (unpaired) electrons. The van der Waals surface area contributed by atoms with Crippen molar-refractivity contribution in [2.45, 2.75) is 24.7 Å². The average molecular weight is 254 g/mol. The van der Waals surface area contributed by atoms with Crippen molar-refractivity contribution in [3.8, 4) is 0 Å². The van der Waals surface area contributed by atoms with E-state index in [1.807, 2.05) is 0 Å². The highest BCUT2D eigenvalue weighted by molar-refractivity contribution is 7.84. The molecule has 0 aliphatic carbocycles. The highest BCUT2D eigenvalue weighted by atomic mass is 32.2. The van der Waals surface area contributed by atoms with E-state index >= 15 is 0 Å². The topological polar surface area (TPSA) is 17.1 Å². The van der Waals surface area contributed by atoms with Crippen molar-refractivity contribution < 1.29 is 21.8 Å². The van der Waals surface area contributed by atoms with Crippen LogP contribution in [-0.2, 0) is 10.8 Å². The summed E-state index contributed by atoms with van der Waals surface area (Å²) in [4.78, 5) is -0.605. The van der Waals surface area contributed by atoms with Gasteiger partial charge in [0.05, 0.1) is 15.7 Å². The van der Waals surface area contributed by atoms with Crippen LogP contribution in [0.4, 0.5) is 17.6 Å². The minimum absolute atomic E-state index is 0.378. The number of hydrogen-bond donors (Lipinski definition) is 0. The van der Waals surface area contributed by atoms with Crippen LogP contribution in [0.3, 0.4) is 0 Å². The molecule has 1 aromatic rings. The molecule has 0 fully saturated rings. The second-order valence-corrected chi connectivity index (χ2v) is 4.92. The van der Waals surface area contributed by atoms with Gasteiger partial charge in [-0.2, -0.15) is 0 Å². The molecule has 1 rings (SSSR count). The van der Waals surface area contributed by atoms with Crippen LogP contribution in [0.5, 0.6) is 0 Å². The van der Waals surface area contributed by atoms with Gasteiger partial charge in [-0.3, -0.25) is 4.21 Å². The number of hydrogen-bond acceptors (Lipinski definition) is 1. The summed E-state index contributed by atoms with van der Waals surface area (Å²) in [6.45, 7) is 2.96. The van der Waals surface area contributed by atoms with Gasteiger partial charge in [0, 0.05) is 11.8 Å². The zero-order valence-corrected chi connectivity index (χ0v) is 9.72. The van der Waals surface area contributed by atoms with E-state index in [0.717, 1.165) is 6.26 Å². The average Bonchev–Trinajstić information content (AvgIpc) is 2.18. The number of rotatable bonds is 2. The van der Waals surface area contributed by atoms with E-state index in [2.05, 4.69) is 0 Å². The zero-order chi connectivity index (χ0) is 12.6. The minimum Gasteiger partial charge on any atom is -0.255 e. The minimum atomic E-state index is -1.92. The van der Waals surface area contributed by atoms with E-state index in [-0.39, 0.29) is 5.56 Å². The second-order valence-electron chi connectivity index (χ2n) is 3.61. The first-order valence-corrected chi connectivity index (χ1v) is 6.04. The van der Waals surface area contributed by atoms with Crippen LogP contribution in [0.2, 0.25) is 0 Å². The van der Waals surface area contributed by atoms with Gasteiger partial charge in [0.15, 0.2) is 23.3 Å². The summed E-state index contributed by atoms with van der Waals surface area (Å²) in [6, 6.07) is 0. The predicted octanol–water partition coefficient (Wildman–Crippen LogP) is 3.10. The van der Waals surface area contributed by atoms with Crippen LogP contribution < -0.4 is 0 Å². The van der Waals surface area contributed by atoms with E-state index < -0.39 is 44.9 Å². The molecule has 0 spiro atoms. The van der Waals surface area contributed by atoms with Crippen molar-refractivity contribution in [3.05, 3.63) is 28.8 Å². The SMILES string of the molecule is CC(C)c1c(F)c(F)c(F)c(F)c1S(C)=O. The lowest BCUT2D eigenvalue weighted by Gasteiger charge is -2.14. The van der Waals surface area contributed by atoms with Crippen molar-refractivity contribution in [1.82, 2.24) is 0 Å². The lowest BCUT2D eigenvalue weighted by Crippen LogP contribution is -2.10. The normalized spacial score (nSPS) is 13.2. The van der Waals surface area contributed by atoms with E-state index in [1.54, 1.807) is 0 Å². The molecule has 0 bridgehead atoms. The lowest BCUT2D eigenvalue weighted by atomic mass is 10.0. The Morgan fingerprint density at radius 1 is 0.938 bits per heavy atom. The van der Waals surface area contributed by atoms with Gasteiger partial charge in [-0.25, -0.2) is 17.6 Å². The fraction of sp³-hybridized carbons (Fsp3) is 0.400. The summed E-state index contributed by atoms with van der Waals surface area (Å²) in [5.74, 6) is -7.44. The van der Waals surface area contributed by atoms with E-state index in [4.69, 9.17) is 0 Å². The van der Waals surface area contributed by atoms with Gasteiger partial charge in [0.2, 0.25) is 0 Å². The molecule has 16 heavy (non-hydrogen) atoms. The number of benzene rings is 1. The summed E-state index contributed by atoms with van der Waals surface area (Å²) in [7, 11) is -1.92. The fourth-order valence-corrected chi connectivity index (χ4v) is 2.40. The molecule has 1 atom stereocenters. The third kappa shape index (κ3) is 1.98. The van der Waals surface area contributed by atoms with E-state index in [9.17, 15) is 21.8 Å². The molecule has 0 heterocycles. The first-order chi connectivity index (χ1) is 7.29. The Balaban J connectivity index is 3.76. The highest BCUT2D eigenvalue weighted by Gasteiger charge is 2.28. The van der Waals surface area contributed by atoms with Crippen LogP contribution in [-0.4, -0.2) is 10.5 Å². The lowest BCUT2D eigenvalue weighted by molar-refractivity contribution is 0.388. The molecule has 90 valence electrons. The maximum atomic E-state index is 13.4. The Morgan fingerprint density at radius 2 is 1.38 bits per heavy atom. The standard InChI is InChI=1S/C10H10F4OS/c1-4(2)5-6(11)7(12)8(13)9(14)10(5)16(3)15/h4H,1-3H3. The van der Waals surface area contributed by atoms with Gasteiger partial charge < -0.3 is 0 Å². The predicted molar refractivity (Wildman–Crippen MR) is 52.7 cm³/mol. The highest BCUT2D eigenvalue weighted by Crippen LogP contribution is 2.31. The third-order valence-corrected chi connectivity index (χ3v) is 3.10. The Hall–Kier alpha value is -0.910. The van der Waals surface area contributed by atoms with Gasteiger partial charge in [0.25, 0.3) is 0 Å². The van der Waals surface area contributed by atoms with Crippen molar-refractivity contribution in [1.29, 1.82) is 0 Å². The van der Waals surface area contributed by atoms with Crippen LogP contribution in [0.1, 0.15) is 25.3 Å². The van der Waals surface area contributed by atoms with Crippen molar-refractivity contribution in [3.63, 3.8) is 0 Å². The van der Waals surface area contributed by atoms with Crippen LogP contribution in [0.25, 0.3) is 0 Å². The Bertz CT molecular complexity index is 457. The van der Waals surface area contributed by atoms with Gasteiger partial charge in [-0.15, -0.1) is 0 Å². The summed E-state index contributed by atoms with van der Waals surface area (Å²) in [5.41, 5.74) is -0.378. The van der Waals surface area contributed by atoms with Crippen LogP contribution in [0, 0.1) is 23.3 Å². The molecule has 0 N–H and O–H groups in total. The maximum Gasteiger partial charge on any atom is 0.198 e. The molecule has 6 heteroatoms. The quantitative estimate of drug-likeness (QED) is 0.450. The van der Waals surface area contributed by atoms with Crippen LogP contribution >= 0.6 is 0 Å². The third-order valence-electron chi connectivity index (χ3n) is 2.12. The van der Waals surface area contributed by atoms with Gasteiger partial charge in [-0.1, -0.05) is 13.8 Å². The van der Waals surface area contributed by atoms with Crippen LogP contribution in [0.15, 0.2) is 4.90 Å². The molecule has 0 saturated carbocycles. The smallest absolute Gasteiger partial charge is 0.198 e. The first kappa shape index (κ1) is 13.2. The van der Waals surface area contributed by atoms with Gasteiger partial charge in [-0.05, 0) is 5.92 Å². The fourth-order valence-electron chi connectivity index (χ4n) is 1.43. The van der Waals surface area contributed by atoms with Crippen molar-refractivity contribution >= 4 is 10.8 Å². The summed E-state index contributed by atoms with van der Waals surface area (Å²) < 4.78 is 63.9. The van der Waals surface area contributed by atoms with E-state index in [0.29, 0.717) is 0 Å². The molecule has 1 unspecified atom stereocenters. The second kappa shape index (κ2) is 4.53. The molecule has 1 aromatic carbocycles. The molecular formula is C10H10F4OS. The molecule has 0 aliphatic heterocycles. The molecule has 0 saturated heterocycles. The molecule has 0 aromatic heterocycles. The Morgan fingerprint density at radius 3 is 1.75 bits per heavy atom. The largest absolute Gasteiger partial charge is 0.255 e. The molecule has 0 aliphatic rings. The van der Waals surface area contributed by atoms with Gasteiger partial charge >= 0.3 is 0 Å². The molecule has 1 nitrogen and oxygen atoms in total. The van der Waals surface area contributed by atoms with E-state index in [1.165, 1.54) is 13.8 Å². The zero-order valence-electron chi connectivity index (χ0n) is 8.91. The molecular weight excluding hydrogens is 244 g/mol. The Labute approximate surface area is 92.9 Å². The summed E-state index contributed by atoms with van der Waals surface area (Å²) in [5, 5.41) is 0. The maximum absolute atomic E-state index is 13.4. The van der Waals surface area contributed by atoms with Crippen molar-refractivity contribution in [2.24, 2.45) is 0 Å². The molecule has 0 amide bonds. The summed E-state index contributed by atoms with van der Waals surface area (Å²) in [6.07, 6.45) is 1.08. The Kier molecular flexibility index (Phi) is 3.72. The van der Waals surface area contributed by atoms with Crippen molar-refractivity contribution in [2.75, 3.05) is 6.26 Å². The number of halogens is 4. The van der Waals surface area contributed by atoms with Gasteiger partial charge in [0.1, 0.15) is 0 Å².